The van der Waals surface area contributed by atoms with Crippen LogP contribution in [0.1, 0.15) is 30.6 Å². The first-order valence-electron chi connectivity index (χ1n) is 6.66. The van der Waals surface area contributed by atoms with Crippen molar-refractivity contribution >= 4 is 10.9 Å². The van der Waals surface area contributed by atoms with E-state index in [1.54, 1.807) is 5.56 Å². The molecule has 2 heteroatoms. The molecule has 4 rings (SSSR count). The molecule has 1 aliphatic carbocycles. The van der Waals surface area contributed by atoms with Crippen molar-refractivity contribution in [3.63, 3.8) is 0 Å². The van der Waals surface area contributed by atoms with Crippen molar-refractivity contribution in [2.45, 2.75) is 25.8 Å². The van der Waals surface area contributed by atoms with Crippen LogP contribution in [0.25, 0.3) is 10.9 Å². The number of hydrogen-bond donors (Lipinski definition) is 2. The first-order chi connectivity index (χ1) is 8.33. The number of benzene rings is 1. The number of hydrogen-bond acceptors (Lipinski definition) is 1. The normalized spacial score (nSPS) is 31.5. The van der Waals surface area contributed by atoms with Crippen molar-refractivity contribution in [1.82, 2.24) is 10.3 Å². The predicted molar refractivity (Wildman–Crippen MR) is 70.0 cm³/mol. The molecule has 2 nitrogen and oxygen atoms in total. The van der Waals surface area contributed by atoms with Crippen molar-refractivity contribution < 1.29 is 0 Å². The molecule has 2 aliphatic rings. The smallest absolute Gasteiger partial charge is 0.0459 e. The van der Waals surface area contributed by atoms with Crippen LogP contribution in [-0.2, 0) is 6.42 Å². The maximum absolute atomic E-state index is 3.71. The number of rotatable bonds is 0. The highest BCUT2D eigenvalue weighted by Crippen LogP contribution is 2.42. The number of nitrogens with one attached hydrogen (secondary N) is 2. The van der Waals surface area contributed by atoms with Gasteiger partial charge in [-0.15, -0.1) is 0 Å². The molecule has 1 aromatic heterocycles. The van der Waals surface area contributed by atoms with Crippen LogP contribution in [0, 0.1) is 11.8 Å². The fraction of sp³-hybridized carbons (Fsp3) is 0.467. The summed E-state index contributed by atoms with van der Waals surface area (Å²) in [5.74, 6) is 1.67. The lowest BCUT2D eigenvalue weighted by Gasteiger charge is -2.39. The Morgan fingerprint density at radius 1 is 1.24 bits per heavy atom. The quantitative estimate of drug-likeness (QED) is 0.710. The molecule has 2 bridgehead atoms. The Balaban J connectivity index is 1.93. The minimum Gasteiger partial charge on any atom is -0.358 e. The molecular weight excluding hydrogens is 208 g/mol. The summed E-state index contributed by atoms with van der Waals surface area (Å²) in [6.07, 6.45) is 2.55. The second-order valence-electron chi connectivity index (χ2n) is 5.70. The van der Waals surface area contributed by atoms with E-state index in [9.17, 15) is 0 Å². The number of aromatic amines is 1. The summed E-state index contributed by atoms with van der Waals surface area (Å²) >= 11 is 0. The molecular formula is C15H18N2. The second kappa shape index (κ2) is 3.36. The summed E-state index contributed by atoms with van der Waals surface area (Å²) in [5.41, 5.74) is 4.33. The minimum atomic E-state index is 0.580. The van der Waals surface area contributed by atoms with Crippen LogP contribution >= 0.6 is 0 Å². The van der Waals surface area contributed by atoms with Gasteiger partial charge in [0.2, 0.25) is 0 Å². The van der Waals surface area contributed by atoms with E-state index in [4.69, 9.17) is 0 Å². The van der Waals surface area contributed by atoms with Gasteiger partial charge in [0.15, 0.2) is 0 Å². The Kier molecular flexibility index (Phi) is 1.92. The Labute approximate surface area is 101 Å². The molecule has 1 aromatic carbocycles. The predicted octanol–water partition coefficient (Wildman–Crippen LogP) is 3.01. The van der Waals surface area contributed by atoms with E-state index in [-0.39, 0.29) is 0 Å². The molecule has 0 unspecified atom stereocenters. The van der Waals surface area contributed by atoms with Crippen molar-refractivity contribution in [2.75, 3.05) is 6.54 Å². The Morgan fingerprint density at radius 2 is 2.12 bits per heavy atom. The van der Waals surface area contributed by atoms with Crippen LogP contribution in [0.3, 0.4) is 0 Å². The summed E-state index contributed by atoms with van der Waals surface area (Å²) in [7, 11) is 0. The summed E-state index contributed by atoms with van der Waals surface area (Å²) in [6, 6.07) is 9.29. The van der Waals surface area contributed by atoms with Crippen molar-refractivity contribution in [2.24, 2.45) is 11.8 Å². The lowest BCUT2D eigenvalue weighted by atomic mass is 9.74. The number of fused-ring (bicyclic) bond motifs is 6. The van der Waals surface area contributed by atoms with Crippen LogP contribution in [-0.4, -0.2) is 11.5 Å². The molecule has 17 heavy (non-hydrogen) atoms. The van der Waals surface area contributed by atoms with Gasteiger partial charge in [-0.2, -0.15) is 0 Å². The molecule has 1 aliphatic heterocycles. The lowest BCUT2D eigenvalue weighted by Crippen LogP contribution is -2.41. The second-order valence-corrected chi connectivity index (χ2v) is 5.70. The van der Waals surface area contributed by atoms with Gasteiger partial charge in [0.25, 0.3) is 0 Å². The summed E-state index contributed by atoms with van der Waals surface area (Å²) in [5, 5.41) is 5.14. The van der Waals surface area contributed by atoms with Gasteiger partial charge >= 0.3 is 0 Å². The van der Waals surface area contributed by atoms with Crippen molar-refractivity contribution in [3.8, 4) is 0 Å². The van der Waals surface area contributed by atoms with E-state index in [1.165, 1.54) is 36.0 Å². The maximum Gasteiger partial charge on any atom is 0.0459 e. The number of para-hydroxylation sites is 1. The molecule has 1 saturated heterocycles. The monoisotopic (exact) mass is 226 g/mol. The van der Waals surface area contributed by atoms with Gasteiger partial charge in [-0.1, -0.05) is 25.1 Å². The number of aromatic nitrogens is 1. The molecule has 1 fully saturated rings. The summed E-state index contributed by atoms with van der Waals surface area (Å²) in [4.78, 5) is 3.63. The van der Waals surface area contributed by atoms with E-state index < -0.39 is 0 Å². The molecule has 2 aromatic rings. The summed E-state index contributed by atoms with van der Waals surface area (Å²) < 4.78 is 0. The van der Waals surface area contributed by atoms with E-state index in [0.717, 1.165) is 11.8 Å². The lowest BCUT2D eigenvalue weighted by molar-refractivity contribution is 0.207. The van der Waals surface area contributed by atoms with Crippen LogP contribution in [0.2, 0.25) is 0 Å². The van der Waals surface area contributed by atoms with Gasteiger partial charge in [-0.3, -0.25) is 0 Å². The Bertz CT molecular complexity index is 569. The zero-order valence-electron chi connectivity index (χ0n) is 10.2. The Hall–Kier alpha value is -1.28. The topological polar surface area (TPSA) is 27.8 Å². The average Bonchev–Trinajstić information content (AvgIpc) is 2.72. The molecule has 0 amide bonds. The fourth-order valence-corrected chi connectivity index (χ4v) is 3.66. The molecule has 2 N–H and O–H groups in total. The van der Waals surface area contributed by atoms with Gasteiger partial charge in [-0.25, -0.2) is 0 Å². The van der Waals surface area contributed by atoms with Gasteiger partial charge in [0.1, 0.15) is 0 Å². The average molecular weight is 226 g/mol. The van der Waals surface area contributed by atoms with Crippen LogP contribution in [0.5, 0.6) is 0 Å². The highest BCUT2D eigenvalue weighted by Gasteiger charge is 2.35. The third-order valence-electron chi connectivity index (χ3n) is 4.67. The highest BCUT2D eigenvalue weighted by molar-refractivity contribution is 5.85. The molecule has 2 heterocycles. The maximum atomic E-state index is 3.71. The SMILES string of the molecule is C[C@@H]1CN[C@H]2C[C@@H]1Cc1[nH]c3ccccc3c12. The van der Waals surface area contributed by atoms with Crippen molar-refractivity contribution in [1.29, 1.82) is 0 Å². The Morgan fingerprint density at radius 3 is 3.06 bits per heavy atom. The summed E-state index contributed by atoms with van der Waals surface area (Å²) in [6.45, 7) is 3.55. The van der Waals surface area contributed by atoms with Crippen LogP contribution < -0.4 is 5.32 Å². The standard InChI is InChI=1S/C15H18N2/c1-9-8-16-13-6-10(9)7-14-15(13)11-4-2-3-5-12(11)17-14/h2-5,9-10,13,16-17H,6-8H2,1H3/t9-,10-,13+/m1/s1. The molecule has 0 saturated carbocycles. The van der Waals surface area contributed by atoms with Gasteiger partial charge in [0.05, 0.1) is 0 Å². The molecule has 0 radical (unpaired) electrons. The third-order valence-corrected chi connectivity index (χ3v) is 4.67. The van der Waals surface area contributed by atoms with E-state index in [1.807, 2.05) is 0 Å². The number of H-pyrrole nitrogens is 1. The zero-order valence-corrected chi connectivity index (χ0v) is 10.2. The van der Waals surface area contributed by atoms with Gasteiger partial charge in [0, 0.05) is 22.6 Å². The van der Waals surface area contributed by atoms with Crippen molar-refractivity contribution in [3.05, 3.63) is 35.5 Å². The largest absolute Gasteiger partial charge is 0.358 e. The van der Waals surface area contributed by atoms with E-state index in [0.29, 0.717) is 6.04 Å². The zero-order chi connectivity index (χ0) is 11.4. The van der Waals surface area contributed by atoms with E-state index >= 15 is 0 Å². The molecule has 0 spiro atoms. The van der Waals surface area contributed by atoms with Gasteiger partial charge < -0.3 is 10.3 Å². The van der Waals surface area contributed by atoms with Gasteiger partial charge in [-0.05, 0) is 42.9 Å². The van der Waals surface area contributed by atoms with E-state index in [2.05, 4.69) is 41.5 Å². The molecule has 3 atom stereocenters. The third kappa shape index (κ3) is 1.31. The fourth-order valence-electron chi connectivity index (χ4n) is 3.66. The highest BCUT2D eigenvalue weighted by atomic mass is 15.0. The minimum absolute atomic E-state index is 0.580. The van der Waals surface area contributed by atoms with Crippen LogP contribution in [0.15, 0.2) is 24.3 Å². The molecule has 88 valence electrons. The van der Waals surface area contributed by atoms with Crippen LogP contribution in [0.4, 0.5) is 0 Å². The first-order valence-corrected chi connectivity index (χ1v) is 6.66. The number of piperidine rings is 1. The first kappa shape index (κ1) is 9.72.